The van der Waals surface area contributed by atoms with Gasteiger partial charge in [-0.15, -0.1) is 0 Å². The predicted molar refractivity (Wildman–Crippen MR) is 45.8 cm³/mol. The number of morpholine rings is 1. The Morgan fingerprint density at radius 2 is 2.36 bits per heavy atom. The number of methoxy groups -OCH3 is 1. The maximum absolute atomic E-state index is 11.3. The fourth-order valence-electron chi connectivity index (χ4n) is 1.24. The van der Waals surface area contributed by atoms with E-state index < -0.39 is 12.1 Å². The molecule has 1 aliphatic heterocycles. The molecule has 0 radical (unpaired) electrons. The molecule has 6 heteroatoms. The molecule has 6 nitrogen and oxygen atoms in total. The third-order valence-corrected chi connectivity index (χ3v) is 1.96. The molecule has 0 spiro atoms. The zero-order chi connectivity index (χ0) is 10.6. The zero-order valence-corrected chi connectivity index (χ0v) is 7.93. The molecule has 0 aromatic heterocycles. The van der Waals surface area contributed by atoms with E-state index in [2.05, 4.69) is 4.74 Å². The molecule has 0 aliphatic carbocycles. The van der Waals surface area contributed by atoms with Crippen LogP contribution in [0.3, 0.4) is 0 Å². The lowest BCUT2D eigenvalue weighted by atomic mass is 10.2. The maximum Gasteiger partial charge on any atom is 0.334 e. The molecule has 14 heavy (non-hydrogen) atoms. The number of carboxylic acids is 1. The number of ether oxygens (including phenoxy) is 2. The monoisotopic (exact) mass is 203 g/mol. The van der Waals surface area contributed by atoms with Gasteiger partial charge < -0.3 is 19.5 Å². The Balaban J connectivity index is 2.47. The van der Waals surface area contributed by atoms with Gasteiger partial charge in [0.25, 0.3) is 0 Å². The molecule has 0 aromatic carbocycles. The smallest absolute Gasteiger partial charge is 0.334 e. The molecule has 1 saturated heterocycles. The van der Waals surface area contributed by atoms with Gasteiger partial charge in [-0.1, -0.05) is 0 Å². The molecule has 1 rings (SSSR count). The maximum atomic E-state index is 11.3. The van der Waals surface area contributed by atoms with Crippen molar-refractivity contribution in [3.8, 4) is 0 Å². The number of carboxylic acid groups (broad SMARTS) is 1. The van der Waals surface area contributed by atoms with Crippen LogP contribution in [0.15, 0.2) is 0 Å². The summed E-state index contributed by atoms with van der Waals surface area (Å²) in [5.74, 6) is -1.25. The predicted octanol–water partition coefficient (Wildman–Crippen LogP) is -1.06. The number of carbonyl (C=O) groups excluding carboxylic acids is 1. The van der Waals surface area contributed by atoms with Crippen LogP contribution in [0.4, 0.5) is 0 Å². The van der Waals surface area contributed by atoms with E-state index in [4.69, 9.17) is 9.84 Å². The molecule has 1 fully saturated rings. The summed E-state index contributed by atoms with van der Waals surface area (Å²) in [5, 5.41) is 8.67. The van der Waals surface area contributed by atoms with Crippen molar-refractivity contribution < 1.29 is 24.2 Å². The number of aliphatic carboxylic acids is 1. The summed E-state index contributed by atoms with van der Waals surface area (Å²) in [6.45, 7) is 0.752. The van der Waals surface area contributed by atoms with E-state index in [1.54, 1.807) is 0 Å². The summed E-state index contributed by atoms with van der Waals surface area (Å²) in [6.07, 6.45) is -0.912. The highest BCUT2D eigenvalue weighted by atomic mass is 16.5. The van der Waals surface area contributed by atoms with Gasteiger partial charge in [0, 0.05) is 13.7 Å². The van der Waals surface area contributed by atoms with Crippen molar-refractivity contribution in [3.05, 3.63) is 0 Å². The molecular weight excluding hydrogens is 190 g/mol. The van der Waals surface area contributed by atoms with Crippen LogP contribution in [-0.4, -0.2) is 61.4 Å². The molecular formula is C8H13NO5. The lowest BCUT2D eigenvalue weighted by Gasteiger charge is -2.30. The summed E-state index contributed by atoms with van der Waals surface area (Å²) < 4.78 is 9.64. The quantitative estimate of drug-likeness (QED) is 0.633. The molecule has 0 bridgehead atoms. The molecule has 1 aliphatic rings. The first-order valence-electron chi connectivity index (χ1n) is 4.26. The van der Waals surface area contributed by atoms with Gasteiger partial charge in [0.15, 0.2) is 6.10 Å². The van der Waals surface area contributed by atoms with E-state index in [-0.39, 0.29) is 25.7 Å². The van der Waals surface area contributed by atoms with E-state index in [9.17, 15) is 9.59 Å². The van der Waals surface area contributed by atoms with Crippen LogP contribution < -0.4 is 0 Å². The van der Waals surface area contributed by atoms with Gasteiger partial charge in [0.05, 0.1) is 13.2 Å². The number of nitrogens with zero attached hydrogens (tertiary/aromatic N) is 1. The van der Waals surface area contributed by atoms with Gasteiger partial charge in [0.2, 0.25) is 5.91 Å². The SMILES string of the molecule is COCC(=O)N1CCOC(C(=O)O)C1. The molecule has 1 N–H and O–H groups in total. The second kappa shape index (κ2) is 4.92. The molecule has 0 saturated carbocycles. The van der Waals surface area contributed by atoms with Gasteiger partial charge in [-0.05, 0) is 0 Å². The van der Waals surface area contributed by atoms with E-state index in [1.807, 2.05) is 0 Å². The summed E-state index contributed by atoms with van der Waals surface area (Å²) in [5.41, 5.74) is 0. The molecule has 1 unspecified atom stereocenters. The summed E-state index contributed by atoms with van der Waals surface area (Å²) >= 11 is 0. The molecule has 1 amide bonds. The molecule has 1 heterocycles. The summed E-state index contributed by atoms with van der Waals surface area (Å²) in [4.78, 5) is 23.3. The Hall–Kier alpha value is -1.14. The molecule has 80 valence electrons. The average Bonchev–Trinajstić information content (AvgIpc) is 2.18. The van der Waals surface area contributed by atoms with E-state index in [0.717, 1.165) is 0 Å². The van der Waals surface area contributed by atoms with Crippen molar-refractivity contribution in [2.75, 3.05) is 33.4 Å². The van der Waals surface area contributed by atoms with E-state index in [0.29, 0.717) is 6.54 Å². The van der Waals surface area contributed by atoms with Crippen LogP contribution in [0.5, 0.6) is 0 Å². The van der Waals surface area contributed by atoms with Crippen LogP contribution >= 0.6 is 0 Å². The van der Waals surface area contributed by atoms with Crippen LogP contribution in [0, 0.1) is 0 Å². The first kappa shape index (κ1) is 10.9. The lowest BCUT2D eigenvalue weighted by Crippen LogP contribution is -2.49. The second-order valence-corrected chi connectivity index (χ2v) is 2.97. The van der Waals surface area contributed by atoms with Gasteiger partial charge in [0.1, 0.15) is 6.61 Å². The normalized spacial score (nSPS) is 22.1. The summed E-state index contributed by atoms with van der Waals surface area (Å²) in [6, 6.07) is 0. The highest BCUT2D eigenvalue weighted by Crippen LogP contribution is 2.05. The van der Waals surface area contributed by atoms with Gasteiger partial charge in [-0.2, -0.15) is 0 Å². The minimum Gasteiger partial charge on any atom is -0.479 e. The second-order valence-electron chi connectivity index (χ2n) is 2.97. The van der Waals surface area contributed by atoms with Crippen molar-refractivity contribution in [1.82, 2.24) is 4.90 Å². The fourth-order valence-corrected chi connectivity index (χ4v) is 1.24. The minimum absolute atomic E-state index is 0.0215. The Bertz CT molecular complexity index is 230. The standard InChI is InChI=1S/C8H13NO5/c1-13-5-7(10)9-2-3-14-6(4-9)8(11)12/h6H,2-5H2,1H3,(H,11,12). The number of amides is 1. The Morgan fingerprint density at radius 3 is 2.93 bits per heavy atom. The van der Waals surface area contributed by atoms with Crippen LogP contribution in [-0.2, 0) is 19.1 Å². The van der Waals surface area contributed by atoms with Gasteiger partial charge in [-0.3, -0.25) is 4.79 Å². The third-order valence-electron chi connectivity index (χ3n) is 1.96. The van der Waals surface area contributed by atoms with Crippen molar-refractivity contribution in [1.29, 1.82) is 0 Å². The lowest BCUT2D eigenvalue weighted by molar-refractivity contribution is -0.160. The fraction of sp³-hybridized carbons (Fsp3) is 0.750. The van der Waals surface area contributed by atoms with Gasteiger partial charge >= 0.3 is 5.97 Å². The van der Waals surface area contributed by atoms with Crippen LogP contribution in [0.1, 0.15) is 0 Å². The Kier molecular flexibility index (Phi) is 3.84. The third kappa shape index (κ3) is 2.68. The highest BCUT2D eigenvalue weighted by molar-refractivity contribution is 5.79. The number of hydrogen-bond donors (Lipinski definition) is 1. The zero-order valence-electron chi connectivity index (χ0n) is 7.93. The van der Waals surface area contributed by atoms with Crippen molar-refractivity contribution in [3.63, 3.8) is 0 Å². The van der Waals surface area contributed by atoms with Crippen LogP contribution in [0.2, 0.25) is 0 Å². The Morgan fingerprint density at radius 1 is 1.64 bits per heavy atom. The Labute approximate surface area is 81.4 Å². The topological polar surface area (TPSA) is 76.1 Å². The molecule has 1 atom stereocenters. The van der Waals surface area contributed by atoms with Crippen molar-refractivity contribution in [2.24, 2.45) is 0 Å². The van der Waals surface area contributed by atoms with Crippen LogP contribution in [0.25, 0.3) is 0 Å². The van der Waals surface area contributed by atoms with Gasteiger partial charge in [-0.25, -0.2) is 4.79 Å². The first-order chi connectivity index (χ1) is 6.65. The van der Waals surface area contributed by atoms with Crippen molar-refractivity contribution >= 4 is 11.9 Å². The molecule has 0 aromatic rings. The number of rotatable bonds is 3. The van der Waals surface area contributed by atoms with E-state index in [1.165, 1.54) is 12.0 Å². The highest BCUT2D eigenvalue weighted by Gasteiger charge is 2.28. The number of carbonyl (C=O) groups is 2. The summed E-state index contributed by atoms with van der Waals surface area (Å²) in [7, 11) is 1.42. The minimum atomic E-state index is -1.04. The largest absolute Gasteiger partial charge is 0.479 e. The van der Waals surface area contributed by atoms with E-state index >= 15 is 0 Å². The first-order valence-corrected chi connectivity index (χ1v) is 4.26. The number of hydrogen-bond acceptors (Lipinski definition) is 4. The van der Waals surface area contributed by atoms with Crippen molar-refractivity contribution in [2.45, 2.75) is 6.10 Å². The average molecular weight is 203 g/mol.